The third-order valence-corrected chi connectivity index (χ3v) is 6.16. The predicted molar refractivity (Wildman–Crippen MR) is 131 cm³/mol. The van der Waals surface area contributed by atoms with Crippen molar-refractivity contribution in [3.63, 3.8) is 0 Å². The molecule has 0 amide bonds. The number of aryl methyl sites for hydroxylation is 1. The molecule has 1 aliphatic carbocycles. The molecule has 0 spiro atoms. The number of ether oxygens (including phenoxy) is 1. The summed E-state index contributed by atoms with van der Waals surface area (Å²) < 4.78 is 7.42. The minimum atomic E-state index is 0. The lowest BCUT2D eigenvalue weighted by Crippen LogP contribution is -2.41. The predicted octanol–water partition coefficient (Wildman–Crippen LogP) is 2.47. The van der Waals surface area contributed by atoms with Gasteiger partial charge in [-0.15, -0.1) is 34.2 Å². The fourth-order valence-corrected chi connectivity index (χ4v) is 4.14. The van der Waals surface area contributed by atoms with Gasteiger partial charge in [-0.3, -0.25) is 4.90 Å². The third kappa shape index (κ3) is 8.66. The lowest BCUT2D eigenvalue weighted by Gasteiger charge is -2.26. The van der Waals surface area contributed by atoms with E-state index in [9.17, 15) is 0 Å². The number of rotatable bonds is 10. The van der Waals surface area contributed by atoms with Gasteiger partial charge in [0, 0.05) is 33.2 Å². The van der Waals surface area contributed by atoms with Crippen molar-refractivity contribution in [3.05, 3.63) is 11.6 Å². The molecular formula is C21H40IN7O. The van der Waals surface area contributed by atoms with E-state index in [4.69, 9.17) is 9.73 Å². The van der Waals surface area contributed by atoms with E-state index in [-0.39, 0.29) is 24.0 Å². The average molecular weight is 534 g/mol. The number of hydrogen-bond acceptors (Lipinski definition) is 5. The fraction of sp³-hybridized carbons (Fsp3) is 0.857. The molecule has 0 unspecified atom stereocenters. The molecular weight excluding hydrogens is 493 g/mol. The zero-order chi connectivity index (χ0) is 20.3. The minimum Gasteiger partial charge on any atom is -0.379 e. The number of halogens is 1. The Bertz CT molecular complexity index is 625. The molecule has 2 heterocycles. The van der Waals surface area contributed by atoms with Crippen molar-refractivity contribution in [2.45, 2.75) is 58.4 Å². The summed E-state index contributed by atoms with van der Waals surface area (Å²) in [5.74, 6) is 3.64. The maximum Gasteiger partial charge on any atom is 0.191 e. The lowest BCUT2D eigenvalue weighted by molar-refractivity contribution is 0.0376. The second-order valence-electron chi connectivity index (χ2n) is 8.34. The van der Waals surface area contributed by atoms with Crippen LogP contribution in [-0.2, 0) is 18.3 Å². The number of nitrogens with one attached hydrogen (secondary N) is 2. The molecule has 30 heavy (non-hydrogen) atoms. The molecule has 2 aliphatic rings. The molecule has 0 bridgehead atoms. The molecule has 1 saturated carbocycles. The summed E-state index contributed by atoms with van der Waals surface area (Å²) in [4.78, 5) is 7.23. The Kier molecular flexibility index (Phi) is 12.0. The van der Waals surface area contributed by atoms with Crippen LogP contribution in [-0.4, -0.2) is 71.6 Å². The number of hydrogen-bond donors (Lipinski definition) is 2. The van der Waals surface area contributed by atoms with E-state index in [1.54, 1.807) is 0 Å². The maximum atomic E-state index is 5.42. The van der Waals surface area contributed by atoms with Crippen LogP contribution in [0.2, 0.25) is 0 Å². The highest BCUT2D eigenvalue weighted by Crippen LogP contribution is 2.28. The Morgan fingerprint density at radius 1 is 1.10 bits per heavy atom. The van der Waals surface area contributed by atoms with E-state index < -0.39 is 0 Å². The Balaban J connectivity index is 0.00000320. The van der Waals surface area contributed by atoms with E-state index >= 15 is 0 Å². The zero-order valence-electron chi connectivity index (χ0n) is 18.7. The highest BCUT2D eigenvalue weighted by atomic mass is 127. The number of guanidine groups is 1. The van der Waals surface area contributed by atoms with Crippen LogP contribution in [0.4, 0.5) is 0 Å². The Hall–Kier alpha value is -0.940. The highest BCUT2D eigenvalue weighted by molar-refractivity contribution is 14.0. The first-order valence-corrected chi connectivity index (χ1v) is 11.4. The molecule has 8 nitrogen and oxygen atoms in total. The minimum absolute atomic E-state index is 0. The lowest BCUT2D eigenvalue weighted by atomic mass is 10.0. The van der Waals surface area contributed by atoms with E-state index in [0.29, 0.717) is 6.54 Å². The van der Waals surface area contributed by atoms with Crippen LogP contribution in [0.15, 0.2) is 4.99 Å². The van der Waals surface area contributed by atoms with Crippen molar-refractivity contribution >= 4 is 29.9 Å². The van der Waals surface area contributed by atoms with Crippen LogP contribution in [0.25, 0.3) is 0 Å². The van der Waals surface area contributed by atoms with E-state index in [2.05, 4.69) is 25.7 Å². The van der Waals surface area contributed by atoms with Gasteiger partial charge in [-0.05, 0) is 38.6 Å². The van der Waals surface area contributed by atoms with Gasteiger partial charge < -0.3 is 19.9 Å². The number of morpholine rings is 1. The SMILES string of the molecule is Cc1nnc(CN=C(NCCCC2CCCC2)NCCCN2CCOCC2)n1C.I. The van der Waals surface area contributed by atoms with Gasteiger partial charge in [-0.25, -0.2) is 4.99 Å². The van der Waals surface area contributed by atoms with E-state index in [1.807, 2.05) is 18.5 Å². The van der Waals surface area contributed by atoms with Crippen molar-refractivity contribution in [1.82, 2.24) is 30.3 Å². The molecule has 2 N–H and O–H groups in total. The van der Waals surface area contributed by atoms with E-state index in [0.717, 1.165) is 75.9 Å². The Morgan fingerprint density at radius 3 is 2.47 bits per heavy atom. The molecule has 3 rings (SSSR count). The summed E-state index contributed by atoms with van der Waals surface area (Å²) in [6.07, 6.45) is 9.34. The van der Waals surface area contributed by atoms with Crippen molar-refractivity contribution in [2.24, 2.45) is 18.0 Å². The third-order valence-electron chi connectivity index (χ3n) is 6.16. The molecule has 2 fully saturated rings. The summed E-state index contributed by atoms with van der Waals surface area (Å²) in [5, 5.41) is 15.4. The maximum absolute atomic E-state index is 5.42. The molecule has 172 valence electrons. The Labute approximate surface area is 198 Å². The van der Waals surface area contributed by atoms with Crippen LogP contribution in [0.1, 0.15) is 56.6 Å². The zero-order valence-corrected chi connectivity index (χ0v) is 21.1. The normalized spacial score (nSPS) is 18.4. The molecule has 1 aromatic heterocycles. The molecule has 0 atom stereocenters. The number of nitrogens with zero attached hydrogens (tertiary/aromatic N) is 5. The first-order chi connectivity index (χ1) is 14.2. The topological polar surface area (TPSA) is 79.6 Å². The van der Waals surface area contributed by atoms with Crippen LogP contribution in [0, 0.1) is 12.8 Å². The van der Waals surface area contributed by atoms with Crippen LogP contribution in [0.3, 0.4) is 0 Å². The molecule has 1 aliphatic heterocycles. The smallest absolute Gasteiger partial charge is 0.191 e. The van der Waals surface area contributed by atoms with Crippen LogP contribution >= 0.6 is 24.0 Å². The van der Waals surface area contributed by atoms with Gasteiger partial charge in [0.2, 0.25) is 0 Å². The van der Waals surface area contributed by atoms with Gasteiger partial charge in [-0.2, -0.15) is 0 Å². The van der Waals surface area contributed by atoms with Gasteiger partial charge in [-0.1, -0.05) is 25.7 Å². The summed E-state index contributed by atoms with van der Waals surface area (Å²) in [5.41, 5.74) is 0. The second-order valence-corrected chi connectivity index (χ2v) is 8.34. The van der Waals surface area contributed by atoms with E-state index in [1.165, 1.54) is 38.5 Å². The van der Waals surface area contributed by atoms with Crippen molar-refractivity contribution < 1.29 is 4.74 Å². The summed E-state index contributed by atoms with van der Waals surface area (Å²) in [6, 6.07) is 0. The molecule has 0 radical (unpaired) electrons. The molecule has 1 saturated heterocycles. The van der Waals surface area contributed by atoms with Crippen molar-refractivity contribution in [1.29, 1.82) is 0 Å². The quantitative estimate of drug-likeness (QED) is 0.208. The standard InChI is InChI=1S/C21H39N7O.HI/c1-18-25-26-20(27(18)2)17-24-21(22-10-5-9-19-7-3-4-8-19)23-11-6-12-28-13-15-29-16-14-28;/h19H,3-17H2,1-2H3,(H2,22,23,24);1H. The summed E-state index contributed by atoms with van der Waals surface area (Å²) in [7, 11) is 1.99. The largest absolute Gasteiger partial charge is 0.379 e. The molecule has 9 heteroatoms. The fourth-order valence-electron chi connectivity index (χ4n) is 4.14. The van der Waals surface area contributed by atoms with Gasteiger partial charge in [0.05, 0.1) is 13.2 Å². The first-order valence-electron chi connectivity index (χ1n) is 11.4. The van der Waals surface area contributed by atoms with Crippen molar-refractivity contribution in [3.8, 4) is 0 Å². The Morgan fingerprint density at radius 2 is 1.80 bits per heavy atom. The average Bonchev–Trinajstić information content (AvgIpc) is 3.37. The summed E-state index contributed by atoms with van der Waals surface area (Å²) in [6.45, 7) is 9.32. The number of aromatic nitrogens is 3. The van der Waals surface area contributed by atoms with Crippen molar-refractivity contribution in [2.75, 3.05) is 45.9 Å². The number of aliphatic imine (C=N–C) groups is 1. The molecule has 1 aromatic rings. The van der Waals surface area contributed by atoms with Gasteiger partial charge in [0.1, 0.15) is 12.4 Å². The van der Waals surface area contributed by atoms with Crippen LogP contribution in [0.5, 0.6) is 0 Å². The summed E-state index contributed by atoms with van der Waals surface area (Å²) >= 11 is 0. The first kappa shape index (κ1) is 25.3. The second kappa shape index (κ2) is 14.2. The van der Waals surface area contributed by atoms with Gasteiger partial charge in [0.25, 0.3) is 0 Å². The highest BCUT2D eigenvalue weighted by Gasteiger charge is 2.14. The van der Waals surface area contributed by atoms with Crippen LogP contribution < -0.4 is 10.6 Å². The molecule has 0 aromatic carbocycles. The van der Waals surface area contributed by atoms with Gasteiger partial charge >= 0.3 is 0 Å². The monoisotopic (exact) mass is 533 g/mol. The van der Waals surface area contributed by atoms with Gasteiger partial charge in [0.15, 0.2) is 11.8 Å².